The van der Waals surface area contributed by atoms with Crippen LogP contribution in [0.1, 0.15) is 47.1 Å². The Morgan fingerprint density at radius 2 is 1.62 bits per heavy atom. The number of anilines is 1. The lowest BCUT2D eigenvalue weighted by Gasteiger charge is -2.22. The van der Waals surface area contributed by atoms with Crippen LogP contribution in [0.2, 0.25) is 0 Å². The molecule has 0 saturated carbocycles. The lowest BCUT2D eigenvalue weighted by atomic mass is 9.97. The summed E-state index contributed by atoms with van der Waals surface area (Å²) in [6, 6.07) is 7.92. The summed E-state index contributed by atoms with van der Waals surface area (Å²) in [5, 5.41) is 6.15. The van der Waals surface area contributed by atoms with Crippen LogP contribution in [0.4, 0.5) is 10.5 Å². The first-order valence-corrected chi connectivity index (χ1v) is 7.33. The molecule has 0 unspecified atom stereocenters. The van der Waals surface area contributed by atoms with Crippen molar-refractivity contribution in [2.24, 2.45) is 5.41 Å². The van der Waals surface area contributed by atoms with Crippen molar-refractivity contribution >= 4 is 11.8 Å². The second-order valence-corrected chi connectivity index (χ2v) is 7.56. The highest BCUT2D eigenvalue weighted by Gasteiger charge is 2.12. The molecule has 1 aromatic carbocycles. The molecule has 1 rings (SSSR count). The number of ether oxygens (including phenoxy) is 1. The lowest BCUT2D eigenvalue weighted by Crippen LogP contribution is -2.32. The summed E-state index contributed by atoms with van der Waals surface area (Å²) in [5.74, 6) is 0. The molecule has 0 aliphatic rings. The van der Waals surface area contributed by atoms with E-state index in [2.05, 4.69) is 52.2 Å². The summed E-state index contributed by atoms with van der Waals surface area (Å²) in [5.41, 5.74) is 2.12. The predicted molar refractivity (Wildman–Crippen MR) is 87.5 cm³/mol. The summed E-state index contributed by atoms with van der Waals surface area (Å²) < 4.78 is 5.19. The first-order chi connectivity index (χ1) is 9.55. The Morgan fingerprint density at radius 3 is 2.10 bits per heavy atom. The van der Waals surface area contributed by atoms with Crippen LogP contribution >= 0.6 is 0 Å². The van der Waals surface area contributed by atoms with Crippen LogP contribution in [0.15, 0.2) is 24.3 Å². The normalized spacial score (nSPS) is 11.9. The van der Waals surface area contributed by atoms with Gasteiger partial charge in [0.2, 0.25) is 0 Å². The van der Waals surface area contributed by atoms with Crippen molar-refractivity contribution in [3.63, 3.8) is 0 Å². The van der Waals surface area contributed by atoms with Gasteiger partial charge in [0, 0.05) is 17.8 Å². The Labute approximate surface area is 128 Å². The molecule has 4 heteroatoms. The summed E-state index contributed by atoms with van der Waals surface area (Å²) in [7, 11) is 0. The molecule has 118 valence electrons. The third kappa shape index (κ3) is 8.23. The van der Waals surface area contributed by atoms with Crippen LogP contribution in [0.5, 0.6) is 0 Å². The minimum absolute atomic E-state index is 0.0326. The van der Waals surface area contributed by atoms with E-state index in [1.807, 2.05) is 24.3 Å². The fourth-order valence-electron chi connectivity index (χ4n) is 1.65. The zero-order valence-corrected chi connectivity index (χ0v) is 14.0. The molecular formula is C17H28N2O2. The number of hydrogen-bond donors (Lipinski definition) is 2. The van der Waals surface area contributed by atoms with E-state index < -0.39 is 0 Å². The summed E-state index contributed by atoms with van der Waals surface area (Å²) in [4.78, 5) is 11.6. The van der Waals surface area contributed by atoms with E-state index >= 15 is 0 Å². The van der Waals surface area contributed by atoms with Gasteiger partial charge in [0.1, 0.15) is 6.61 Å². The Balaban J connectivity index is 2.41. The average Bonchev–Trinajstić information content (AvgIpc) is 2.33. The number of hydrogen-bond acceptors (Lipinski definition) is 3. The highest BCUT2D eigenvalue weighted by atomic mass is 16.5. The van der Waals surface area contributed by atoms with Crippen LogP contribution in [-0.4, -0.2) is 18.2 Å². The molecule has 0 saturated heterocycles. The minimum Gasteiger partial charge on any atom is -0.445 e. The smallest absolute Gasteiger partial charge is 0.407 e. The number of benzene rings is 1. The first-order valence-electron chi connectivity index (χ1n) is 7.33. The highest BCUT2D eigenvalue weighted by molar-refractivity contribution is 5.67. The summed E-state index contributed by atoms with van der Waals surface area (Å²) >= 11 is 0. The molecule has 21 heavy (non-hydrogen) atoms. The average molecular weight is 292 g/mol. The standard InChI is InChI=1S/C17H28N2O2/c1-16(2,3)12-18-15(20)21-11-13-7-9-14(10-8-13)19-17(4,5)6/h7-10,19H,11-12H2,1-6H3,(H,18,20). The molecule has 0 atom stereocenters. The van der Waals surface area contributed by atoms with Crippen LogP contribution < -0.4 is 10.6 Å². The maximum absolute atomic E-state index is 11.6. The largest absolute Gasteiger partial charge is 0.445 e. The van der Waals surface area contributed by atoms with Crippen LogP contribution in [0.25, 0.3) is 0 Å². The number of rotatable bonds is 4. The molecule has 0 heterocycles. The van der Waals surface area contributed by atoms with Gasteiger partial charge in [-0.1, -0.05) is 32.9 Å². The predicted octanol–water partition coefficient (Wildman–Crippen LogP) is 4.17. The lowest BCUT2D eigenvalue weighted by molar-refractivity contribution is 0.136. The molecule has 0 fully saturated rings. The van der Waals surface area contributed by atoms with E-state index in [1.54, 1.807) is 0 Å². The molecule has 0 spiro atoms. The van der Waals surface area contributed by atoms with E-state index in [0.717, 1.165) is 11.3 Å². The number of alkyl carbamates (subject to hydrolysis) is 1. The maximum atomic E-state index is 11.6. The molecule has 1 aromatic rings. The number of nitrogens with one attached hydrogen (secondary N) is 2. The molecule has 0 aliphatic heterocycles. The van der Waals surface area contributed by atoms with Gasteiger partial charge in [-0.25, -0.2) is 4.79 Å². The van der Waals surface area contributed by atoms with Crippen molar-refractivity contribution < 1.29 is 9.53 Å². The fourth-order valence-corrected chi connectivity index (χ4v) is 1.65. The molecular weight excluding hydrogens is 264 g/mol. The minimum atomic E-state index is -0.373. The van der Waals surface area contributed by atoms with E-state index in [4.69, 9.17) is 4.74 Å². The molecule has 0 aromatic heterocycles. The van der Waals surface area contributed by atoms with Crippen LogP contribution in [-0.2, 0) is 11.3 Å². The fraction of sp³-hybridized carbons (Fsp3) is 0.588. The molecule has 2 N–H and O–H groups in total. The third-order valence-corrected chi connectivity index (χ3v) is 2.61. The topological polar surface area (TPSA) is 50.4 Å². The zero-order valence-electron chi connectivity index (χ0n) is 14.0. The molecule has 1 amide bonds. The van der Waals surface area contributed by atoms with Crippen molar-refractivity contribution in [3.8, 4) is 0 Å². The van der Waals surface area contributed by atoms with Crippen molar-refractivity contribution in [2.45, 2.75) is 53.7 Å². The number of carbonyl (C=O) groups excluding carboxylic acids is 1. The van der Waals surface area contributed by atoms with Gasteiger partial charge in [0.15, 0.2) is 0 Å². The van der Waals surface area contributed by atoms with Crippen molar-refractivity contribution in [2.75, 3.05) is 11.9 Å². The van der Waals surface area contributed by atoms with Gasteiger partial charge in [0.25, 0.3) is 0 Å². The second kappa shape index (κ2) is 6.83. The van der Waals surface area contributed by atoms with Gasteiger partial charge < -0.3 is 15.4 Å². The van der Waals surface area contributed by atoms with E-state index in [9.17, 15) is 4.79 Å². The van der Waals surface area contributed by atoms with E-state index in [-0.39, 0.29) is 23.7 Å². The van der Waals surface area contributed by atoms with Gasteiger partial charge >= 0.3 is 6.09 Å². The Kier molecular flexibility index (Phi) is 5.64. The Hall–Kier alpha value is -1.71. The quantitative estimate of drug-likeness (QED) is 0.875. The van der Waals surface area contributed by atoms with Gasteiger partial charge in [-0.15, -0.1) is 0 Å². The third-order valence-electron chi connectivity index (χ3n) is 2.61. The SMILES string of the molecule is CC(C)(C)CNC(=O)OCc1ccc(NC(C)(C)C)cc1. The maximum Gasteiger partial charge on any atom is 0.407 e. The molecule has 4 nitrogen and oxygen atoms in total. The summed E-state index contributed by atoms with van der Waals surface area (Å²) in [6.45, 7) is 13.4. The zero-order chi connectivity index (χ0) is 16.1. The molecule has 0 aliphatic carbocycles. The van der Waals surface area contributed by atoms with Crippen molar-refractivity contribution in [1.29, 1.82) is 0 Å². The Bertz CT molecular complexity index is 453. The van der Waals surface area contributed by atoms with Gasteiger partial charge in [-0.3, -0.25) is 0 Å². The van der Waals surface area contributed by atoms with Gasteiger partial charge in [-0.2, -0.15) is 0 Å². The van der Waals surface area contributed by atoms with E-state index in [0.29, 0.717) is 6.54 Å². The molecule has 0 bridgehead atoms. The number of amides is 1. The number of carbonyl (C=O) groups is 1. The monoisotopic (exact) mass is 292 g/mol. The Morgan fingerprint density at radius 1 is 1.05 bits per heavy atom. The van der Waals surface area contributed by atoms with Gasteiger partial charge in [-0.05, 0) is 43.9 Å². The highest BCUT2D eigenvalue weighted by Crippen LogP contribution is 2.16. The first kappa shape index (κ1) is 17.3. The van der Waals surface area contributed by atoms with Crippen LogP contribution in [0, 0.1) is 5.41 Å². The van der Waals surface area contributed by atoms with Crippen molar-refractivity contribution in [1.82, 2.24) is 5.32 Å². The van der Waals surface area contributed by atoms with Crippen molar-refractivity contribution in [3.05, 3.63) is 29.8 Å². The van der Waals surface area contributed by atoms with E-state index in [1.165, 1.54) is 0 Å². The second-order valence-electron chi connectivity index (χ2n) is 7.56. The summed E-state index contributed by atoms with van der Waals surface area (Å²) in [6.07, 6.45) is -0.373. The molecule has 0 radical (unpaired) electrons. The van der Waals surface area contributed by atoms with Gasteiger partial charge in [0.05, 0.1) is 0 Å². The van der Waals surface area contributed by atoms with Crippen LogP contribution in [0.3, 0.4) is 0 Å².